The highest BCUT2D eigenvalue weighted by atomic mass is 19.1. The van der Waals surface area contributed by atoms with E-state index in [1.807, 2.05) is 6.07 Å². The molecule has 0 aliphatic heterocycles. The predicted molar refractivity (Wildman–Crippen MR) is 106 cm³/mol. The molecule has 2 heterocycles. The molecule has 0 radical (unpaired) electrons. The molecule has 8 heteroatoms. The summed E-state index contributed by atoms with van der Waals surface area (Å²) < 4.78 is 28.1. The summed E-state index contributed by atoms with van der Waals surface area (Å²) in [7, 11) is 1.41. The Morgan fingerprint density at radius 2 is 1.87 bits per heavy atom. The van der Waals surface area contributed by atoms with E-state index in [-0.39, 0.29) is 22.7 Å². The van der Waals surface area contributed by atoms with E-state index in [4.69, 9.17) is 14.7 Å². The van der Waals surface area contributed by atoms with Gasteiger partial charge in [-0.25, -0.2) is 13.9 Å². The monoisotopic (exact) mass is 402 g/mol. The van der Waals surface area contributed by atoms with Crippen molar-refractivity contribution in [3.63, 3.8) is 0 Å². The van der Waals surface area contributed by atoms with Crippen LogP contribution in [0.3, 0.4) is 0 Å². The van der Waals surface area contributed by atoms with Crippen molar-refractivity contribution in [2.45, 2.75) is 0 Å². The number of nitriles is 1. The number of para-hydroxylation sites is 1. The molecule has 4 aromatic rings. The van der Waals surface area contributed by atoms with Crippen molar-refractivity contribution < 1.29 is 18.7 Å². The number of carbonyl (C=O) groups excluding carboxylic acids is 1. The topological polar surface area (TPSA) is 82.1 Å². The molecule has 0 atom stereocenters. The van der Waals surface area contributed by atoms with Gasteiger partial charge in [-0.05, 0) is 36.4 Å². The molecular weight excluding hydrogens is 387 g/mol. The van der Waals surface area contributed by atoms with Gasteiger partial charge in [0.25, 0.3) is 0 Å². The Kier molecular flexibility index (Phi) is 5.01. The molecule has 0 aliphatic carbocycles. The standard InChI is InChI=1S/C22H15FN4O3/c1-29-20-12-15(13-24)8-9-19(20)30-22(28)16-14-25-27(18-7-3-2-6-17(18)23)21(16)26-10-4-5-11-26/h2-12,14H,1H3. The van der Waals surface area contributed by atoms with Gasteiger partial charge in [0.05, 0.1) is 24.9 Å². The van der Waals surface area contributed by atoms with E-state index in [1.54, 1.807) is 47.3 Å². The summed E-state index contributed by atoms with van der Waals surface area (Å²) in [5.74, 6) is -0.472. The van der Waals surface area contributed by atoms with Crippen LogP contribution in [-0.2, 0) is 0 Å². The van der Waals surface area contributed by atoms with Crippen LogP contribution in [0.5, 0.6) is 11.5 Å². The van der Waals surface area contributed by atoms with Gasteiger partial charge in [0.15, 0.2) is 17.3 Å². The second-order valence-corrected chi connectivity index (χ2v) is 6.20. The zero-order chi connectivity index (χ0) is 21.1. The van der Waals surface area contributed by atoms with Gasteiger partial charge >= 0.3 is 5.97 Å². The van der Waals surface area contributed by atoms with Gasteiger partial charge in [0.1, 0.15) is 17.1 Å². The number of nitrogens with zero attached hydrogens (tertiary/aromatic N) is 4. The Morgan fingerprint density at radius 3 is 2.57 bits per heavy atom. The summed E-state index contributed by atoms with van der Waals surface area (Å²) in [6.07, 6.45) is 4.75. The lowest BCUT2D eigenvalue weighted by Gasteiger charge is -2.12. The van der Waals surface area contributed by atoms with E-state index in [0.29, 0.717) is 11.4 Å². The minimum atomic E-state index is -0.704. The van der Waals surface area contributed by atoms with Gasteiger partial charge in [-0.1, -0.05) is 12.1 Å². The molecule has 0 N–H and O–H groups in total. The maximum absolute atomic E-state index is 14.4. The lowest BCUT2D eigenvalue weighted by atomic mass is 10.2. The van der Waals surface area contributed by atoms with Crippen LogP contribution in [-0.4, -0.2) is 27.4 Å². The number of hydrogen-bond donors (Lipinski definition) is 0. The Morgan fingerprint density at radius 1 is 1.10 bits per heavy atom. The van der Waals surface area contributed by atoms with E-state index in [9.17, 15) is 9.18 Å². The van der Waals surface area contributed by atoms with Crippen LogP contribution in [0.1, 0.15) is 15.9 Å². The Labute approximate surface area is 171 Å². The molecule has 4 rings (SSSR count). The molecular formula is C22H15FN4O3. The maximum atomic E-state index is 14.4. The van der Waals surface area contributed by atoms with Crippen molar-refractivity contribution in [2.75, 3.05) is 7.11 Å². The fourth-order valence-corrected chi connectivity index (χ4v) is 2.99. The summed E-state index contributed by atoms with van der Waals surface area (Å²) in [5.41, 5.74) is 0.684. The van der Waals surface area contributed by atoms with Crippen LogP contribution in [0.4, 0.5) is 4.39 Å². The summed E-state index contributed by atoms with van der Waals surface area (Å²) in [5, 5.41) is 13.2. The van der Waals surface area contributed by atoms with Crippen molar-refractivity contribution in [1.29, 1.82) is 5.26 Å². The quantitative estimate of drug-likeness (QED) is 0.374. The number of halogens is 1. The largest absolute Gasteiger partial charge is 0.493 e. The molecule has 2 aromatic heterocycles. The molecule has 0 bridgehead atoms. The highest BCUT2D eigenvalue weighted by Crippen LogP contribution is 2.30. The predicted octanol–water partition coefficient (Wildman–Crippen LogP) is 3.90. The number of esters is 1. The highest BCUT2D eigenvalue weighted by molar-refractivity contribution is 5.94. The Hall–Kier alpha value is -4.38. The fraction of sp³-hybridized carbons (Fsp3) is 0.0455. The maximum Gasteiger partial charge on any atom is 0.349 e. The lowest BCUT2D eigenvalue weighted by Crippen LogP contribution is -2.14. The molecule has 0 unspecified atom stereocenters. The molecule has 7 nitrogen and oxygen atoms in total. The third kappa shape index (κ3) is 3.40. The van der Waals surface area contributed by atoms with E-state index < -0.39 is 11.8 Å². The van der Waals surface area contributed by atoms with Gasteiger partial charge < -0.3 is 14.0 Å². The average Bonchev–Trinajstić information content (AvgIpc) is 3.44. The molecule has 0 saturated heterocycles. The molecule has 0 amide bonds. The van der Waals surface area contributed by atoms with Gasteiger partial charge in [-0.2, -0.15) is 10.4 Å². The first kappa shape index (κ1) is 19.0. The zero-order valence-electron chi connectivity index (χ0n) is 15.8. The molecule has 0 saturated carbocycles. The number of hydrogen-bond acceptors (Lipinski definition) is 5. The minimum absolute atomic E-state index is 0.126. The zero-order valence-corrected chi connectivity index (χ0v) is 15.8. The SMILES string of the molecule is COc1cc(C#N)ccc1OC(=O)c1cnn(-c2ccccc2F)c1-n1cccc1. The average molecular weight is 402 g/mol. The number of rotatable bonds is 5. The smallest absolute Gasteiger partial charge is 0.349 e. The van der Waals surface area contributed by atoms with Crippen molar-refractivity contribution >= 4 is 5.97 Å². The van der Waals surface area contributed by atoms with Crippen LogP contribution >= 0.6 is 0 Å². The van der Waals surface area contributed by atoms with Crippen molar-refractivity contribution in [1.82, 2.24) is 14.3 Å². The number of aromatic nitrogens is 3. The Balaban J connectivity index is 1.78. The van der Waals surface area contributed by atoms with Gasteiger partial charge in [0.2, 0.25) is 0 Å². The number of benzene rings is 2. The van der Waals surface area contributed by atoms with Crippen molar-refractivity contribution in [3.05, 3.63) is 90.1 Å². The minimum Gasteiger partial charge on any atom is -0.493 e. The molecule has 0 spiro atoms. The molecule has 2 aromatic carbocycles. The number of ether oxygens (including phenoxy) is 2. The Bertz CT molecular complexity index is 1260. The third-order valence-corrected chi connectivity index (χ3v) is 4.39. The lowest BCUT2D eigenvalue weighted by molar-refractivity contribution is 0.0729. The van der Waals surface area contributed by atoms with Crippen LogP contribution in [0, 0.1) is 17.1 Å². The summed E-state index contributed by atoms with van der Waals surface area (Å²) in [4.78, 5) is 13.0. The summed E-state index contributed by atoms with van der Waals surface area (Å²) in [6.45, 7) is 0. The summed E-state index contributed by atoms with van der Waals surface area (Å²) >= 11 is 0. The third-order valence-electron chi connectivity index (χ3n) is 4.39. The molecule has 148 valence electrons. The normalized spacial score (nSPS) is 10.4. The fourth-order valence-electron chi connectivity index (χ4n) is 2.99. The first-order valence-electron chi connectivity index (χ1n) is 8.89. The van der Waals surface area contributed by atoms with E-state index >= 15 is 0 Å². The number of carbonyl (C=O) groups is 1. The highest BCUT2D eigenvalue weighted by Gasteiger charge is 2.23. The first-order valence-corrected chi connectivity index (χ1v) is 8.89. The van der Waals surface area contributed by atoms with Gasteiger partial charge in [-0.15, -0.1) is 0 Å². The van der Waals surface area contributed by atoms with Crippen LogP contribution in [0.25, 0.3) is 11.5 Å². The van der Waals surface area contributed by atoms with E-state index in [0.717, 1.165) is 0 Å². The van der Waals surface area contributed by atoms with Gasteiger partial charge in [0, 0.05) is 18.5 Å². The second kappa shape index (κ2) is 7.93. The van der Waals surface area contributed by atoms with Crippen LogP contribution in [0.15, 0.2) is 73.2 Å². The van der Waals surface area contributed by atoms with Crippen molar-refractivity contribution in [3.8, 4) is 29.1 Å². The first-order chi connectivity index (χ1) is 14.6. The second-order valence-electron chi connectivity index (χ2n) is 6.20. The number of methoxy groups -OCH3 is 1. The molecule has 0 aliphatic rings. The van der Waals surface area contributed by atoms with Gasteiger partial charge in [-0.3, -0.25) is 0 Å². The molecule has 30 heavy (non-hydrogen) atoms. The van der Waals surface area contributed by atoms with Crippen molar-refractivity contribution in [2.24, 2.45) is 0 Å². The molecule has 0 fully saturated rings. The van der Waals surface area contributed by atoms with E-state index in [1.165, 1.54) is 42.3 Å². The van der Waals surface area contributed by atoms with E-state index in [2.05, 4.69) is 5.10 Å². The summed E-state index contributed by atoms with van der Waals surface area (Å²) in [6, 6.07) is 16.1. The van der Waals surface area contributed by atoms with Crippen LogP contribution < -0.4 is 9.47 Å². The van der Waals surface area contributed by atoms with Crippen LogP contribution in [0.2, 0.25) is 0 Å².